The number of hydrogen-bond donors (Lipinski definition) is 1. The number of β-amino-alcohol motifs (C(OH)–C–C–N with tert-alkyl or cyclic N) is 1. The van der Waals surface area contributed by atoms with E-state index >= 15 is 0 Å². The number of nitrogens with zero attached hydrogens (tertiary/aromatic N) is 3. The molecule has 0 spiro atoms. The summed E-state index contributed by atoms with van der Waals surface area (Å²) in [6.07, 6.45) is 0.635. The Kier molecular flexibility index (Phi) is 5.21. The van der Waals surface area contributed by atoms with E-state index in [4.69, 9.17) is 0 Å². The molecule has 1 N–H and O–H groups in total. The number of aliphatic hydroxyl groups is 1. The lowest BCUT2D eigenvalue weighted by molar-refractivity contribution is 0.0236. The van der Waals surface area contributed by atoms with E-state index in [0.29, 0.717) is 31.6 Å². The predicted octanol–water partition coefficient (Wildman–Crippen LogP) is 0.887. The molecule has 1 aromatic rings. The topological polar surface area (TPSA) is 47.0 Å². The molecule has 1 aliphatic rings. The summed E-state index contributed by atoms with van der Waals surface area (Å²) in [6.45, 7) is 2.46. The van der Waals surface area contributed by atoms with Gasteiger partial charge in [-0.1, -0.05) is 12.1 Å². The number of benzene rings is 1. The first-order chi connectivity index (χ1) is 10.3. The lowest BCUT2D eigenvalue weighted by Crippen LogP contribution is -2.43. The lowest BCUT2D eigenvalue weighted by Gasteiger charge is -2.26. The van der Waals surface area contributed by atoms with E-state index in [2.05, 4.69) is 4.90 Å². The zero-order valence-corrected chi connectivity index (χ0v) is 14.0. The summed E-state index contributed by atoms with van der Waals surface area (Å²) in [4.78, 5) is 18.4. The summed E-state index contributed by atoms with van der Waals surface area (Å²) in [5.41, 5.74) is 1.09. The number of rotatable bonds is 5. The first kappa shape index (κ1) is 16.9. The van der Waals surface area contributed by atoms with Crippen molar-refractivity contribution in [1.29, 1.82) is 0 Å². The van der Waals surface area contributed by atoms with Crippen molar-refractivity contribution in [3.05, 3.63) is 35.4 Å². The first-order valence-corrected chi connectivity index (χ1v) is 7.69. The summed E-state index contributed by atoms with van der Waals surface area (Å²) in [5.74, 6) is 0.00563. The summed E-state index contributed by atoms with van der Waals surface area (Å²) in [6, 6.07) is 7.75. The molecule has 0 aliphatic carbocycles. The van der Waals surface area contributed by atoms with E-state index in [1.54, 1.807) is 4.90 Å². The van der Waals surface area contributed by atoms with Crippen LogP contribution in [0.1, 0.15) is 22.3 Å². The van der Waals surface area contributed by atoms with Gasteiger partial charge in [-0.3, -0.25) is 4.79 Å². The Hall–Kier alpha value is -1.43. The van der Waals surface area contributed by atoms with Crippen molar-refractivity contribution in [2.24, 2.45) is 0 Å². The van der Waals surface area contributed by atoms with Gasteiger partial charge in [-0.05, 0) is 52.3 Å². The maximum absolute atomic E-state index is 12.5. The highest BCUT2D eigenvalue weighted by molar-refractivity contribution is 5.94. The van der Waals surface area contributed by atoms with E-state index in [-0.39, 0.29) is 5.91 Å². The number of carbonyl (C=O) groups is 1. The average Bonchev–Trinajstić information content (AvgIpc) is 2.79. The number of carbonyl (C=O) groups excluding carboxylic acids is 1. The van der Waals surface area contributed by atoms with Crippen LogP contribution in [0.25, 0.3) is 0 Å². The minimum atomic E-state index is -0.788. The third-order valence-corrected chi connectivity index (χ3v) is 3.93. The molecule has 1 saturated heterocycles. The van der Waals surface area contributed by atoms with Gasteiger partial charge in [0.15, 0.2) is 0 Å². The second-order valence-electron chi connectivity index (χ2n) is 6.87. The molecule has 1 heterocycles. The molecule has 0 aromatic heterocycles. The Morgan fingerprint density at radius 2 is 1.82 bits per heavy atom. The van der Waals surface area contributed by atoms with Crippen LogP contribution in [0.5, 0.6) is 0 Å². The molecule has 2 rings (SSSR count). The number of likely N-dealkylation sites (N-methyl/N-ethyl adjacent to an activating group) is 1. The SMILES string of the molecule is CN(C)Cc1ccc(C(=O)N2CC[C@](O)(CN(C)C)C2)cc1. The van der Waals surface area contributed by atoms with Crippen LogP contribution >= 0.6 is 0 Å². The highest BCUT2D eigenvalue weighted by atomic mass is 16.3. The third-order valence-electron chi connectivity index (χ3n) is 3.93. The standard InChI is InChI=1S/C17H27N3O2/c1-18(2)11-14-5-7-15(8-6-14)16(21)20-10-9-17(22,13-20)12-19(3)4/h5-8,22H,9-13H2,1-4H3/t17-/m0/s1. The van der Waals surface area contributed by atoms with Crippen molar-refractivity contribution < 1.29 is 9.90 Å². The molecule has 1 fully saturated rings. The Balaban J connectivity index is 2.00. The van der Waals surface area contributed by atoms with Crippen molar-refractivity contribution >= 4 is 5.91 Å². The van der Waals surface area contributed by atoms with E-state index in [1.807, 2.05) is 57.4 Å². The van der Waals surface area contributed by atoms with Crippen molar-refractivity contribution in [1.82, 2.24) is 14.7 Å². The van der Waals surface area contributed by atoms with Gasteiger partial charge in [0, 0.05) is 25.2 Å². The zero-order valence-electron chi connectivity index (χ0n) is 14.0. The van der Waals surface area contributed by atoms with Gasteiger partial charge in [-0.25, -0.2) is 0 Å². The van der Waals surface area contributed by atoms with Gasteiger partial charge in [-0.15, -0.1) is 0 Å². The van der Waals surface area contributed by atoms with Gasteiger partial charge in [0.2, 0.25) is 0 Å². The maximum atomic E-state index is 12.5. The van der Waals surface area contributed by atoms with E-state index in [0.717, 1.165) is 6.54 Å². The van der Waals surface area contributed by atoms with Gasteiger partial charge < -0.3 is 19.8 Å². The van der Waals surface area contributed by atoms with Crippen LogP contribution in [0.15, 0.2) is 24.3 Å². The average molecular weight is 305 g/mol. The summed E-state index contributed by atoms with van der Waals surface area (Å²) < 4.78 is 0. The van der Waals surface area contributed by atoms with Crippen molar-refractivity contribution in [2.45, 2.75) is 18.6 Å². The highest BCUT2D eigenvalue weighted by Crippen LogP contribution is 2.23. The van der Waals surface area contributed by atoms with Crippen LogP contribution in [0.2, 0.25) is 0 Å². The minimum Gasteiger partial charge on any atom is -0.387 e. The van der Waals surface area contributed by atoms with E-state index in [1.165, 1.54) is 5.56 Å². The Morgan fingerprint density at radius 3 is 2.36 bits per heavy atom. The minimum absolute atomic E-state index is 0.00563. The zero-order chi connectivity index (χ0) is 16.3. The Bertz CT molecular complexity index is 513. The van der Waals surface area contributed by atoms with Gasteiger partial charge in [0.1, 0.15) is 0 Å². The van der Waals surface area contributed by atoms with Crippen LogP contribution in [0.4, 0.5) is 0 Å². The van der Waals surface area contributed by atoms with Crippen LogP contribution in [-0.4, -0.2) is 79.1 Å². The predicted molar refractivity (Wildman–Crippen MR) is 87.9 cm³/mol. The number of hydrogen-bond acceptors (Lipinski definition) is 4. The number of amides is 1. The molecule has 1 aromatic carbocycles. The molecule has 0 bridgehead atoms. The van der Waals surface area contributed by atoms with Gasteiger partial charge in [0.25, 0.3) is 5.91 Å². The fourth-order valence-corrected chi connectivity index (χ4v) is 3.05. The van der Waals surface area contributed by atoms with Crippen LogP contribution in [0.3, 0.4) is 0 Å². The lowest BCUT2D eigenvalue weighted by atomic mass is 10.0. The van der Waals surface area contributed by atoms with Gasteiger partial charge in [0.05, 0.1) is 12.1 Å². The van der Waals surface area contributed by atoms with Crippen LogP contribution in [-0.2, 0) is 6.54 Å². The molecule has 5 nitrogen and oxygen atoms in total. The Labute approximate surface area is 133 Å². The molecule has 22 heavy (non-hydrogen) atoms. The molecule has 5 heteroatoms. The van der Waals surface area contributed by atoms with Crippen molar-refractivity contribution in [3.63, 3.8) is 0 Å². The smallest absolute Gasteiger partial charge is 0.253 e. The van der Waals surface area contributed by atoms with Crippen molar-refractivity contribution in [2.75, 3.05) is 47.8 Å². The molecule has 1 atom stereocenters. The maximum Gasteiger partial charge on any atom is 0.253 e. The van der Waals surface area contributed by atoms with E-state index < -0.39 is 5.60 Å². The molecular formula is C17H27N3O2. The van der Waals surface area contributed by atoms with Crippen LogP contribution in [0, 0.1) is 0 Å². The molecule has 1 aliphatic heterocycles. The summed E-state index contributed by atoms with van der Waals surface area (Å²) >= 11 is 0. The van der Waals surface area contributed by atoms with Crippen LogP contribution < -0.4 is 0 Å². The fourth-order valence-electron chi connectivity index (χ4n) is 3.05. The van der Waals surface area contributed by atoms with Gasteiger partial charge >= 0.3 is 0 Å². The fraction of sp³-hybridized carbons (Fsp3) is 0.588. The number of likely N-dealkylation sites (tertiary alicyclic amines) is 1. The highest BCUT2D eigenvalue weighted by Gasteiger charge is 2.38. The molecule has 122 valence electrons. The second kappa shape index (κ2) is 6.77. The third kappa shape index (κ3) is 4.29. The first-order valence-electron chi connectivity index (χ1n) is 7.69. The quantitative estimate of drug-likeness (QED) is 0.877. The molecule has 0 radical (unpaired) electrons. The van der Waals surface area contributed by atoms with E-state index in [9.17, 15) is 9.90 Å². The van der Waals surface area contributed by atoms with Crippen molar-refractivity contribution in [3.8, 4) is 0 Å². The second-order valence-corrected chi connectivity index (χ2v) is 6.87. The molecule has 1 amide bonds. The largest absolute Gasteiger partial charge is 0.387 e. The molecule has 0 saturated carbocycles. The monoisotopic (exact) mass is 305 g/mol. The normalized spacial score (nSPS) is 21.9. The molecule has 0 unspecified atom stereocenters. The summed E-state index contributed by atoms with van der Waals surface area (Å²) in [5, 5.41) is 10.5. The van der Waals surface area contributed by atoms with Gasteiger partial charge in [-0.2, -0.15) is 0 Å². The summed E-state index contributed by atoms with van der Waals surface area (Å²) in [7, 11) is 7.92. The Morgan fingerprint density at radius 1 is 1.18 bits per heavy atom. The molecular weight excluding hydrogens is 278 g/mol.